The Morgan fingerprint density at radius 1 is 1.03 bits per heavy atom. The van der Waals surface area contributed by atoms with Gasteiger partial charge >= 0.3 is 5.69 Å². The third kappa shape index (κ3) is 5.79. The fraction of sp³-hybridized carbons (Fsp3) is 0.423. The van der Waals surface area contributed by atoms with Crippen molar-refractivity contribution in [1.82, 2.24) is 19.8 Å². The van der Waals surface area contributed by atoms with Gasteiger partial charge in [0.05, 0.1) is 16.6 Å². The van der Waals surface area contributed by atoms with Crippen molar-refractivity contribution >= 4 is 22.5 Å². The highest BCUT2D eigenvalue weighted by atomic mass is 19.1. The predicted octanol–water partition coefficient (Wildman–Crippen LogP) is 2.57. The number of aromatic nitrogens is 2. The van der Waals surface area contributed by atoms with Crippen molar-refractivity contribution < 1.29 is 9.18 Å². The molecular weight excluding hydrogens is 449 g/mol. The molecule has 0 spiro atoms. The number of halogens is 1. The average Bonchev–Trinajstić information content (AvgIpc) is 2.86. The van der Waals surface area contributed by atoms with Crippen molar-refractivity contribution in [2.24, 2.45) is 0 Å². The number of nitrogens with zero attached hydrogens (tertiary/aromatic N) is 3. The Labute approximate surface area is 203 Å². The molecule has 9 heteroatoms. The molecule has 1 aromatic heterocycles. The van der Waals surface area contributed by atoms with Crippen LogP contribution in [0.3, 0.4) is 0 Å². The van der Waals surface area contributed by atoms with Gasteiger partial charge in [-0.3, -0.25) is 19.1 Å². The minimum atomic E-state index is -0.453. The van der Waals surface area contributed by atoms with E-state index in [0.717, 1.165) is 45.4 Å². The largest absolute Gasteiger partial charge is 0.367 e. The quantitative estimate of drug-likeness (QED) is 0.459. The zero-order chi connectivity index (χ0) is 24.8. The first-order valence-electron chi connectivity index (χ1n) is 12.2. The number of hydrogen-bond acceptors (Lipinski definition) is 5. The molecule has 35 heavy (non-hydrogen) atoms. The molecule has 0 aliphatic carbocycles. The van der Waals surface area contributed by atoms with Crippen LogP contribution in [0.15, 0.2) is 52.1 Å². The number of unbranched alkanes of at least 4 members (excludes halogenated alkanes) is 2. The summed E-state index contributed by atoms with van der Waals surface area (Å²) >= 11 is 0. The molecule has 0 atom stereocenters. The van der Waals surface area contributed by atoms with Crippen molar-refractivity contribution in [3.05, 3.63) is 74.7 Å². The number of H-pyrrole nitrogens is 1. The SMILES string of the molecule is CCCCCn1c(=O)[nH]c2cc(C(=O)NCCN3CCN(c4ccccc4F)CC3)ccc2c1=O. The fourth-order valence-electron chi connectivity index (χ4n) is 4.47. The lowest BCUT2D eigenvalue weighted by molar-refractivity contribution is 0.0948. The monoisotopic (exact) mass is 481 g/mol. The van der Waals surface area contributed by atoms with E-state index in [4.69, 9.17) is 0 Å². The van der Waals surface area contributed by atoms with Gasteiger partial charge in [0.2, 0.25) is 0 Å². The van der Waals surface area contributed by atoms with E-state index in [1.54, 1.807) is 30.3 Å². The number of amides is 1. The molecule has 1 amide bonds. The lowest BCUT2D eigenvalue weighted by Gasteiger charge is -2.36. The third-order valence-electron chi connectivity index (χ3n) is 6.51. The predicted molar refractivity (Wildman–Crippen MR) is 136 cm³/mol. The number of anilines is 1. The number of rotatable bonds is 9. The van der Waals surface area contributed by atoms with E-state index in [2.05, 4.69) is 22.1 Å². The molecule has 1 aliphatic heterocycles. The van der Waals surface area contributed by atoms with E-state index < -0.39 is 5.69 Å². The van der Waals surface area contributed by atoms with Crippen LogP contribution in [0.25, 0.3) is 10.9 Å². The summed E-state index contributed by atoms with van der Waals surface area (Å²) in [4.78, 5) is 44.8. The van der Waals surface area contributed by atoms with Crippen LogP contribution in [-0.2, 0) is 6.54 Å². The van der Waals surface area contributed by atoms with Gasteiger partial charge in [0.25, 0.3) is 11.5 Å². The van der Waals surface area contributed by atoms with Crippen LogP contribution in [0.2, 0.25) is 0 Å². The number of nitrogens with one attached hydrogen (secondary N) is 2. The van der Waals surface area contributed by atoms with Gasteiger partial charge in [-0.2, -0.15) is 0 Å². The van der Waals surface area contributed by atoms with Crippen molar-refractivity contribution in [3.63, 3.8) is 0 Å². The van der Waals surface area contributed by atoms with Gasteiger partial charge < -0.3 is 15.2 Å². The van der Waals surface area contributed by atoms with Crippen LogP contribution >= 0.6 is 0 Å². The molecule has 2 aromatic carbocycles. The normalized spacial score (nSPS) is 14.4. The van der Waals surface area contributed by atoms with Crippen LogP contribution in [0, 0.1) is 5.82 Å². The summed E-state index contributed by atoms with van der Waals surface area (Å²) < 4.78 is 15.2. The first kappa shape index (κ1) is 24.7. The van der Waals surface area contributed by atoms with Gasteiger partial charge in [-0.05, 0) is 36.8 Å². The number of benzene rings is 2. The summed E-state index contributed by atoms with van der Waals surface area (Å²) in [5.41, 5.74) is 0.596. The Morgan fingerprint density at radius 3 is 2.54 bits per heavy atom. The number of aromatic amines is 1. The van der Waals surface area contributed by atoms with E-state index in [-0.39, 0.29) is 17.3 Å². The molecule has 4 rings (SSSR count). The summed E-state index contributed by atoms with van der Waals surface area (Å²) in [6, 6.07) is 11.6. The highest BCUT2D eigenvalue weighted by Gasteiger charge is 2.19. The molecule has 2 N–H and O–H groups in total. The minimum absolute atomic E-state index is 0.208. The van der Waals surface area contributed by atoms with E-state index in [1.807, 2.05) is 11.0 Å². The first-order valence-corrected chi connectivity index (χ1v) is 12.2. The molecule has 1 fully saturated rings. The molecular formula is C26H32FN5O3. The lowest BCUT2D eigenvalue weighted by atomic mass is 10.1. The van der Waals surface area contributed by atoms with Gasteiger partial charge in [-0.25, -0.2) is 9.18 Å². The number of carbonyl (C=O) groups is 1. The second-order valence-corrected chi connectivity index (χ2v) is 8.89. The maximum atomic E-state index is 14.0. The Kier molecular flexibility index (Phi) is 7.97. The highest BCUT2D eigenvalue weighted by Crippen LogP contribution is 2.20. The highest BCUT2D eigenvalue weighted by molar-refractivity contribution is 5.97. The summed E-state index contributed by atoms with van der Waals surface area (Å²) in [7, 11) is 0. The van der Waals surface area contributed by atoms with Crippen molar-refractivity contribution in [2.75, 3.05) is 44.2 Å². The van der Waals surface area contributed by atoms with Crippen molar-refractivity contribution in [3.8, 4) is 0 Å². The number of hydrogen-bond donors (Lipinski definition) is 2. The molecule has 0 radical (unpaired) electrons. The summed E-state index contributed by atoms with van der Waals surface area (Å²) in [6.07, 6.45) is 2.72. The van der Waals surface area contributed by atoms with Crippen LogP contribution in [0.1, 0.15) is 36.5 Å². The van der Waals surface area contributed by atoms with E-state index in [9.17, 15) is 18.8 Å². The van der Waals surface area contributed by atoms with E-state index in [1.165, 1.54) is 10.6 Å². The van der Waals surface area contributed by atoms with Gasteiger partial charge in [0.1, 0.15) is 5.82 Å². The number of piperazine rings is 1. The summed E-state index contributed by atoms with van der Waals surface area (Å²) in [5.74, 6) is -0.467. The minimum Gasteiger partial charge on any atom is -0.367 e. The fourth-order valence-corrected chi connectivity index (χ4v) is 4.47. The zero-order valence-electron chi connectivity index (χ0n) is 20.1. The van der Waals surface area contributed by atoms with Gasteiger partial charge in [-0.15, -0.1) is 0 Å². The first-order chi connectivity index (χ1) is 17.0. The number of fused-ring (bicyclic) bond motifs is 1. The third-order valence-corrected chi connectivity index (χ3v) is 6.51. The molecule has 186 valence electrons. The molecule has 0 bridgehead atoms. The van der Waals surface area contributed by atoms with Gasteiger partial charge in [0, 0.05) is 51.4 Å². The van der Waals surface area contributed by atoms with E-state index in [0.29, 0.717) is 41.8 Å². The smallest absolute Gasteiger partial charge is 0.328 e. The number of para-hydroxylation sites is 1. The van der Waals surface area contributed by atoms with Gasteiger partial charge in [-0.1, -0.05) is 31.9 Å². The second-order valence-electron chi connectivity index (χ2n) is 8.89. The standard InChI is InChI=1S/C26H32FN5O3/c1-2-3-6-12-32-25(34)20-10-9-19(18-22(20)29-26(32)35)24(33)28-11-13-30-14-16-31(17-15-30)23-8-5-4-7-21(23)27/h4-5,7-10,18H,2-3,6,11-17H2,1H3,(H,28,33)(H,29,35). The summed E-state index contributed by atoms with van der Waals surface area (Å²) in [6.45, 7) is 6.61. The van der Waals surface area contributed by atoms with Crippen LogP contribution in [-0.4, -0.2) is 59.6 Å². The maximum Gasteiger partial charge on any atom is 0.328 e. The average molecular weight is 482 g/mol. The van der Waals surface area contributed by atoms with Crippen LogP contribution in [0.5, 0.6) is 0 Å². The van der Waals surface area contributed by atoms with Crippen LogP contribution in [0.4, 0.5) is 10.1 Å². The molecule has 3 aromatic rings. The molecule has 1 saturated heterocycles. The Hall–Kier alpha value is -3.46. The Morgan fingerprint density at radius 2 is 1.80 bits per heavy atom. The molecule has 8 nitrogen and oxygen atoms in total. The lowest BCUT2D eigenvalue weighted by Crippen LogP contribution is -2.48. The molecule has 0 saturated carbocycles. The Bertz CT molecular complexity index is 1290. The topological polar surface area (TPSA) is 90.4 Å². The molecule has 0 unspecified atom stereocenters. The zero-order valence-corrected chi connectivity index (χ0v) is 20.1. The summed E-state index contributed by atoms with van der Waals surface area (Å²) in [5, 5.41) is 3.30. The molecule has 2 heterocycles. The number of carbonyl (C=O) groups excluding carboxylic acids is 1. The Balaban J connectivity index is 1.31. The van der Waals surface area contributed by atoms with Gasteiger partial charge in [0.15, 0.2) is 0 Å². The van der Waals surface area contributed by atoms with Crippen molar-refractivity contribution in [1.29, 1.82) is 0 Å². The van der Waals surface area contributed by atoms with Crippen LogP contribution < -0.4 is 21.5 Å². The van der Waals surface area contributed by atoms with Crippen molar-refractivity contribution in [2.45, 2.75) is 32.7 Å². The molecule has 1 aliphatic rings. The maximum absolute atomic E-state index is 14.0. The second kappa shape index (κ2) is 11.3. The van der Waals surface area contributed by atoms with E-state index >= 15 is 0 Å².